The molecule has 0 N–H and O–H groups in total. The molecule has 49 heavy (non-hydrogen) atoms. The van der Waals surface area contributed by atoms with Crippen molar-refractivity contribution in [1.29, 1.82) is 0 Å². The molecule has 4 rings (SSSR count). The van der Waals surface area contributed by atoms with E-state index in [-0.39, 0.29) is 11.8 Å². The monoisotopic (exact) mass is 690 g/mol. The molecule has 1 atom stereocenters. The zero-order chi connectivity index (χ0) is 34.8. The number of aliphatic imine (C=N–C) groups is 1. The first-order valence-electron chi connectivity index (χ1n) is 19.9. The number of hydrogen-bond donors (Lipinski definition) is 0. The summed E-state index contributed by atoms with van der Waals surface area (Å²) in [7, 11) is 2.16. The molecular weight excluding hydrogens is 625 g/mol. The van der Waals surface area contributed by atoms with Gasteiger partial charge in [-0.05, 0) is 44.5 Å². The quantitative estimate of drug-likeness (QED) is 0.115. The van der Waals surface area contributed by atoms with Gasteiger partial charge in [0, 0.05) is 50.3 Å². The van der Waals surface area contributed by atoms with Crippen LogP contribution in [0.4, 0.5) is 16.4 Å². The first-order valence-corrected chi connectivity index (χ1v) is 20.8. The highest BCUT2D eigenvalue weighted by molar-refractivity contribution is 7.16. The van der Waals surface area contributed by atoms with Crippen molar-refractivity contribution in [3.05, 3.63) is 40.8 Å². The van der Waals surface area contributed by atoms with Gasteiger partial charge in [-0.25, -0.2) is 4.99 Å². The fourth-order valence-electron chi connectivity index (χ4n) is 7.37. The van der Waals surface area contributed by atoms with E-state index in [0.29, 0.717) is 25.0 Å². The molecule has 0 spiro atoms. The number of anilines is 2. The summed E-state index contributed by atoms with van der Waals surface area (Å²) in [4.78, 5) is 40.0. The summed E-state index contributed by atoms with van der Waals surface area (Å²) in [5.74, 6) is 1.31. The second-order valence-corrected chi connectivity index (χ2v) is 16.2. The number of piperazine rings is 1. The highest BCUT2D eigenvalue weighted by Crippen LogP contribution is 2.44. The molecule has 0 saturated carbocycles. The number of benzene rings is 1. The molecule has 1 aromatic carbocycles. The third-order valence-electron chi connectivity index (χ3n) is 10.3. The Morgan fingerprint density at radius 3 is 1.92 bits per heavy atom. The number of rotatable bonds is 22. The second-order valence-electron chi connectivity index (χ2n) is 15.0. The lowest BCUT2D eigenvalue weighted by Gasteiger charge is -2.34. The zero-order valence-corrected chi connectivity index (χ0v) is 32.3. The van der Waals surface area contributed by atoms with Gasteiger partial charge in [0.1, 0.15) is 16.6 Å². The number of aryl methyl sites for hydroxylation is 1. The van der Waals surface area contributed by atoms with Crippen molar-refractivity contribution in [2.24, 2.45) is 10.9 Å². The SMILES string of the molecule is CCCCCCCCCCCCCCCCCCCC(=O)CC(C)CC(=O)N1c2ccccc2N=C(N2CCN(C)CC2)c2cc(C)sc21. The summed E-state index contributed by atoms with van der Waals surface area (Å²) in [6, 6.07) is 10.2. The Morgan fingerprint density at radius 1 is 0.776 bits per heavy atom. The molecule has 7 heteroatoms. The Labute approximate surface area is 302 Å². The fourth-order valence-corrected chi connectivity index (χ4v) is 8.40. The van der Waals surface area contributed by atoms with E-state index in [9.17, 15) is 9.59 Å². The van der Waals surface area contributed by atoms with E-state index in [4.69, 9.17) is 4.99 Å². The van der Waals surface area contributed by atoms with Crippen LogP contribution in [0.1, 0.15) is 153 Å². The van der Waals surface area contributed by atoms with Crippen molar-refractivity contribution in [3.8, 4) is 0 Å². The number of Topliss-reactive ketones (excluding diaryl/α,β-unsaturated/α-hetero) is 1. The standard InChI is InChI=1S/C42H66N4O2S/c1-5-6-7-8-9-10-11-12-13-14-15-16-17-18-19-20-21-24-36(47)31-34(2)32-40(48)46-39-26-23-22-25-38(39)43-41(37-33-35(3)49-42(37)46)45-29-27-44(4)28-30-45/h22-23,25-26,33-34H,5-21,24,27-32H2,1-4H3. The highest BCUT2D eigenvalue weighted by Gasteiger charge is 2.33. The van der Waals surface area contributed by atoms with E-state index in [2.05, 4.69) is 43.7 Å². The van der Waals surface area contributed by atoms with Gasteiger partial charge in [0.05, 0.1) is 16.9 Å². The van der Waals surface area contributed by atoms with Gasteiger partial charge < -0.3 is 9.80 Å². The summed E-state index contributed by atoms with van der Waals surface area (Å²) in [6.45, 7) is 10.3. The number of hydrogen-bond acceptors (Lipinski definition) is 6. The van der Waals surface area contributed by atoms with E-state index in [1.165, 1.54) is 101 Å². The van der Waals surface area contributed by atoms with Crippen LogP contribution < -0.4 is 4.90 Å². The lowest BCUT2D eigenvalue weighted by molar-refractivity contribution is -0.121. The number of thiophene rings is 1. The van der Waals surface area contributed by atoms with Crippen molar-refractivity contribution in [2.45, 2.75) is 149 Å². The number of para-hydroxylation sites is 2. The van der Waals surface area contributed by atoms with E-state index in [1.807, 2.05) is 29.2 Å². The summed E-state index contributed by atoms with van der Waals surface area (Å²) < 4.78 is 0. The van der Waals surface area contributed by atoms with E-state index < -0.39 is 0 Å². The smallest absolute Gasteiger partial charge is 0.232 e. The van der Waals surface area contributed by atoms with Crippen LogP contribution in [0, 0.1) is 12.8 Å². The molecule has 1 saturated heterocycles. The van der Waals surface area contributed by atoms with E-state index in [0.717, 1.165) is 66.8 Å². The molecule has 2 aromatic rings. The van der Waals surface area contributed by atoms with Crippen molar-refractivity contribution in [3.63, 3.8) is 0 Å². The van der Waals surface area contributed by atoms with Crippen LogP contribution in [0.25, 0.3) is 0 Å². The molecule has 1 amide bonds. The number of unbranched alkanes of at least 4 members (excludes halogenated alkanes) is 16. The van der Waals surface area contributed by atoms with Gasteiger partial charge in [-0.15, -0.1) is 11.3 Å². The number of amides is 1. The lowest BCUT2D eigenvalue weighted by Crippen LogP contribution is -2.47. The molecule has 0 bridgehead atoms. The van der Waals surface area contributed by atoms with Crippen molar-refractivity contribution in [1.82, 2.24) is 9.80 Å². The van der Waals surface area contributed by atoms with E-state index in [1.54, 1.807) is 11.3 Å². The maximum atomic E-state index is 14.1. The lowest BCUT2D eigenvalue weighted by atomic mass is 9.97. The van der Waals surface area contributed by atoms with Crippen LogP contribution in [0.3, 0.4) is 0 Å². The first kappa shape index (κ1) is 39.3. The predicted molar refractivity (Wildman–Crippen MR) is 210 cm³/mol. The molecule has 6 nitrogen and oxygen atoms in total. The maximum absolute atomic E-state index is 14.1. The molecule has 2 aliphatic heterocycles. The Kier molecular flexibility index (Phi) is 17.4. The minimum atomic E-state index is 0.00346. The van der Waals surface area contributed by atoms with Gasteiger partial charge in [0.2, 0.25) is 5.91 Å². The maximum Gasteiger partial charge on any atom is 0.232 e. The highest BCUT2D eigenvalue weighted by atomic mass is 32.1. The van der Waals surface area contributed by atoms with Crippen LogP contribution in [-0.4, -0.2) is 60.6 Å². The Hall–Kier alpha value is -2.51. The number of fused-ring (bicyclic) bond motifs is 2. The summed E-state index contributed by atoms with van der Waals surface area (Å²) in [5.41, 5.74) is 2.70. The summed E-state index contributed by atoms with van der Waals surface area (Å²) >= 11 is 1.66. The van der Waals surface area contributed by atoms with Gasteiger partial charge in [0.25, 0.3) is 0 Å². The van der Waals surface area contributed by atoms with Gasteiger partial charge >= 0.3 is 0 Å². The number of ketones is 1. The molecule has 3 heterocycles. The number of amidine groups is 1. The number of nitrogens with zero attached hydrogens (tertiary/aromatic N) is 4. The Bertz CT molecular complexity index is 1310. The average Bonchev–Trinajstić information content (AvgIpc) is 3.40. The van der Waals surface area contributed by atoms with Crippen LogP contribution in [-0.2, 0) is 9.59 Å². The predicted octanol–water partition coefficient (Wildman–Crippen LogP) is 11.4. The number of carbonyl (C=O) groups is 2. The minimum absolute atomic E-state index is 0.00346. The fraction of sp³-hybridized carbons (Fsp3) is 0.690. The van der Waals surface area contributed by atoms with Gasteiger partial charge in [-0.1, -0.05) is 129 Å². The molecule has 272 valence electrons. The third-order valence-corrected chi connectivity index (χ3v) is 11.4. The van der Waals surface area contributed by atoms with Crippen molar-refractivity contribution >= 4 is 45.2 Å². The second kappa shape index (κ2) is 21.6. The molecule has 1 fully saturated rings. The molecular formula is C42H66N4O2S. The average molecular weight is 691 g/mol. The summed E-state index contributed by atoms with van der Waals surface area (Å²) in [6.07, 6.45) is 24.3. The minimum Gasteiger partial charge on any atom is -0.353 e. The first-order chi connectivity index (χ1) is 23.9. The van der Waals surface area contributed by atoms with Crippen LogP contribution in [0.2, 0.25) is 0 Å². The zero-order valence-electron chi connectivity index (χ0n) is 31.4. The Morgan fingerprint density at radius 2 is 1.33 bits per heavy atom. The van der Waals surface area contributed by atoms with Crippen LogP contribution in [0.15, 0.2) is 35.3 Å². The van der Waals surface area contributed by atoms with Crippen LogP contribution in [0.5, 0.6) is 0 Å². The van der Waals surface area contributed by atoms with Crippen LogP contribution >= 0.6 is 11.3 Å². The number of carbonyl (C=O) groups excluding carboxylic acids is 2. The normalized spacial score (nSPS) is 15.5. The van der Waals surface area contributed by atoms with Crippen molar-refractivity contribution in [2.75, 3.05) is 38.1 Å². The molecule has 0 radical (unpaired) electrons. The molecule has 0 aliphatic carbocycles. The summed E-state index contributed by atoms with van der Waals surface area (Å²) in [5, 5.41) is 0.951. The third kappa shape index (κ3) is 13.0. The number of likely N-dealkylation sites (N-methyl/N-ethyl adjacent to an activating group) is 1. The Balaban J connectivity index is 1.14. The topological polar surface area (TPSA) is 56.2 Å². The molecule has 2 aliphatic rings. The van der Waals surface area contributed by atoms with Gasteiger partial charge in [-0.3, -0.25) is 14.5 Å². The van der Waals surface area contributed by atoms with Gasteiger partial charge in [-0.2, -0.15) is 0 Å². The van der Waals surface area contributed by atoms with Crippen molar-refractivity contribution < 1.29 is 9.59 Å². The van der Waals surface area contributed by atoms with E-state index >= 15 is 0 Å². The largest absolute Gasteiger partial charge is 0.353 e. The molecule has 1 aromatic heterocycles. The molecule has 1 unspecified atom stereocenters. The van der Waals surface area contributed by atoms with Gasteiger partial charge in [0.15, 0.2) is 0 Å².